The minimum atomic E-state index is 0.579. The third-order valence-corrected chi connectivity index (χ3v) is 5.94. The van der Waals surface area contributed by atoms with Crippen LogP contribution in [0.25, 0.3) is 10.3 Å². The van der Waals surface area contributed by atoms with E-state index in [1.165, 1.54) is 17.6 Å². The molecule has 0 radical (unpaired) electrons. The van der Waals surface area contributed by atoms with E-state index in [-0.39, 0.29) is 0 Å². The number of hydrogen-bond donors (Lipinski definition) is 4. The highest BCUT2D eigenvalue weighted by molar-refractivity contribution is 7.19. The molecule has 4 heterocycles. The van der Waals surface area contributed by atoms with Crippen LogP contribution in [-0.2, 0) is 26.6 Å². The predicted octanol–water partition coefficient (Wildman–Crippen LogP) is 2.27. The molecule has 10 heteroatoms. The minimum absolute atomic E-state index is 0.579. The summed E-state index contributed by atoms with van der Waals surface area (Å²) >= 11 is 3.07. The van der Waals surface area contributed by atoms with E-state index in [4.69, 9.17) is 16.1 Å². The number of aromatic nitrogens is 5. The molecule has 26 heavy (non-hydrogen) atoms. The van der Waals surface area contributed by atoms with Crippen molar-refractivity contribution in [3.05, 3.63) is 45.3 Å². The Morgan fingerprint density at radius 1 is 1.38 bits per heavy atom. The van der Waals surface area contributed by atoms with Gasteiger partial charge in [0, 0.05) is 61.3 Å². The molecule has 4 aromatic rings. The largest absolute Gasteiger partial charge is 0.375 e. The van der Waals surface area contributed by atoms with Crippen LogP contribution in [-0.4, -0.2) is 30.9 Å². The van der Waals surface area contributed by atoms with Crippen LogP contribution in [0.3, 0.4) is 0 Å². The van der Waals surface area contributed by atoms with Crippen LogP contribution < -0.4 is 11.1 Å². The molecular formula is C16H18N8S2. The summed E-state index contributed by atoms with van der Waals surface area (Å²) < 4.78 is 3.11. The second kappa shape index (κ2) is 6.98. The molecule has 0 unspecified atom stereocenters. The number of nitrogens with two attached hydrogens (primary N) is 1. The summed E-state index contributed by atoms with van der Waals surface area (Å²) in [5.74, 6) is 0. The first-order valence-corrected chi connectivity index (χ1v) is 9.71. The maximum Gasteiger partial charge on any atom is 0.180 e. The van der Waals surface area contributed by atoms with Gasteiger partial charge < -0.3 is 21.0 Å². The standard InChI is InChI=1S/C16H18N8S2/c1-24-12(7-19-6-10-8-25-16(18)21-10)11(5-17)14-15(24)22-13(26-14)4-9-2-3-20-23-9/h2-3,5,8,17,19H,4,6-7H2,1H3,(H2,18,21)(H,20,23). The molecule has 0 fully saturated rings. The minimum Gasteiger partial charge on any atom is -0.375 e. The maximum atomic E-state index is 7.86. The van der Waals surface area contributed by atoms with Crippen LogP contribution in [0.15, 0.2) is 17.6 Å². The molecule has 0 saturated carbocycles. The van der Waals surface area contributed by atoms with Crippen molar-refractivity contribution in [1.29, 1.82) is 5.41 Å². The van der Waals surface area contributed by atoms with Crippen molar-refractivity contribution in [2.75, 3.05) is 5.73 Å². The molecule has 0 aliphatic heterocycles. The van der Waals surface area contributed by atoms with Crippen molar-refractivity contribution < 1.29 is 0 Å². The zero-order valence-electron chi connectivity index (χ0n) is 14.1. The molecule has 0 bridgehead atoms. The van der Waals surface area contributed by atoms with E-state index in [1.807, 2.05) is 18.5 Å². The van der Waals surface area contributed by atoms with Gasteiger partial charge in [-0.25, -0.2) is 9.97 Å². The Labute approximate surface area is 157 Å². The topological polar surface area (TPSA) is 121 Å². The Balaban J connectivity index is 1.55. The van der Waals surface area contributed by atoms with Gasteiger partial charge in [0.2, 0.25) is 0 Å². The number of aromatic amines is 1. The number of fused-ring (bicyclic) bond motifs is 1. The van der Waals surface area contributed by atoms with E-state index < -0.39 is 0 Å². The van der Waals surface area contributed by atoms with Gasteiger partial charge >= 0.3 is 0 Å². The van der Waals surface area contributed by atoms with Crippen LogP contribution in [0.1, 0.15) is 27.7 Å². The number of aryl methyl sites for hydroxylation is 1. The van der Waals surface area contributed by atoms with Crippen LogP contribution in [0.5, 0.6) is 0 Å². The average molecular weight is 387 g/mol. The van der Waals surface area contributed by atoms with E-state index in [2.05, 4.69) is 25.1 Å². The Morgan fingerprint density at radius 2 is 2.27 bits per heavy atom. The molecule has 8 nitrogen and oxygen atoms in total. The monoisotopic (exact) mass is 386 g/mol. The maximum absolute atomic E-state index is 7.86. The van der Waals surface area contributed by atoms with Crippen molar-refractivity contribution >= 4 is 44.4 Å². The molecule has 5 N–H and O–H groups in total. The lowest BCUT2D eigenvalue weighted by Gasteiger charge is -2.07. The second-order valence-corrected chi connectivity index (χ2v) is 7.84. The average Bonchev–Trinajstić information content (AvgIpc) is 3.38. The molecule has 0 spiro atoms. The van der Waals surface area contributed by atoms with E-state index in [0.717, 1.165) is 44.4 Å². The number of nitrogens with one attached hydrogen (secondary N) is 3. The third-order valence-electron chi connectivity index (χ3n) is 4.14. The van der Waals surface area contributed by atoms with Gasteiger partial charge in [0.25, 0.3) is 0 Å². The van der Waals surface area contributed by atoms with Crippen LogP contribution in [0.4, 0.5) is 5.13 Å². The van der Waals surface area contributed by atoms with Gasteiger partial charge in [0.05, 0.1) is 10.4 Å². The fourth-order valence-electron chi connectivity index (χ4n) is 2.89. The van der Waals surface area contributed by atoms with Crippen molar-refractivity contribution in [2.45, 2.75) is 19.5 Å². The highest BCUT2D eigenvalue weighted by atomic mass is 32.1. The van der Waals surface area contributed by atoms with Gasteiger partial charge in [0.1, 0.15) is 5.01 Å². The lowest BCUT2D eigenvalue weighted by atomic mass is 10.2. The summed E-state index contributed by atoms with van der Waals surface area (Å²) in [5, 5.41) is 21.7. The smallest absolute Gasteiger partial charge is 0.180 e. The predicted molar refractivity (Wildman–Crippen MR) is 105 cm³/mol. The molecule has 0 aromatic carbocycles. The number of thiazole rings is 2. The summed E-state index contributed by atoms with van der Waals surface area (Å²) in [6.07, 6.45) is 3.87. The van der Waals surface area contributed by atoms with E-state index in [0.29, 0.717) is 18.2 Å². The van der Waals surface area contributed by atoms with E-state index >= 15 is 0 Å². The Kier molecular flexibility index (Phi) is 4.53. The first-order chi connectivity index (χ1) is 12.7. The van der Waals surface area contributed by atoms with Gasteiger partial charge in [-0.15, -0.1) is 22.7 Å². The zero-order valence-corrected chi connectivity index (χ0v) is 15.7. The molecule has 0 saturated heterocycles. The fourth-order valence-corrected chi connectivity index (χ4v) is 4.61. The number of anilines is 1. The van der Waals surface area contributed by atoms with Gasteiger partial charge in [0.15, 0.2) is 10.8 Å². The van der Waals surface area contributed by atoms with Crippen molar-refractivity contribution in [1.82, 2.24) is 30.0 Å². The number of H-pyrrole nitrogens is 1. The molecule has 134 valence electrons. The van der Waals surface area contributed by atoms with Crippen molar-refractivity contribution in [3.63, 3.8) is 0 Å². The highest BCUT2D eigenvalue weighted by Gasteiger charge is 2.18. The second-order valence-electron chi connectivity index (χ2n) is 5.86. The van der Waals surface area contributed by atoms with Crippen molar-refractivity contribution in [3.8, 4) is 0 Å². The number of nitrogens with zero attached hydrogens (tertiary/aromatic N) is 4. The summed E-state index contributed by atoms with van der Waals surface area (Å²) in [5.41, 5.74) is 10.5. The normalized spacial score (nSPS) is 11.4. The SMILES string of the molecule is Cn1c(CNCc2csc(N)n2)c(C=N)c2sc(Cc3ccn[nH]3)nc21. The van der Waals surface area contributed by atoms with Gasteiger partial charge in [-0.1, -0.05) is 0 Å². The Morgan fingerprint density at radius 3 is 2.96 bits per heavy atom. The molecule has 0 aliphatic rings. The number of hydrogen-bond acceptors (Lipinski definition) is 8. The summed E-state index contributed by atoms with van der Waals surface area (Å²) in [6.45, 7) is 1.28. The van der Waals surface area contributed by atoms with Gasteiger partial charge in [-0.05, 0) is 6.07 Å². The Bertz CT molecular complexity index is 1040. The lowest BCUT2D eigenvalue weighted by molar-refractivity contribution is 0.650. The van der Waals surface area contributed by atoms with E-state index in [1.54, 1.807) is 17.5 Å². The van der Waals surface area contributed by atoms with Crippen molar-refractivity contribution in [2.24, 2.45) is 7.05 Å². The summed E-state index contributed by atoms with van der Waals surface area (Å²) in [7, 11) is 1.99. The third kappa shape index (κ3) is 3.14. The molecule has 4 aromatic heterocycles. The zero-order chi connectivity index (χ0) is 18.1. The molecule has 4 rings (SSSR count). The molecule has 0 atom stereocenters. The number of nitrogen functional groups attached to an aromatic ring is 1. The molecule has 0 amide bonds. The van der Waals surface area contributed by atoms with Crippen LogP contribution in [0, 0.1) is 5.41 Å². The highest BCUT2D eigenvalue weighted by Crippen LogP contribution is 2.30. The van der Waals surface area contributed by atoms with E-state index in [9.17, 15) is 0 Å². The molecule has 0 aliphatic carbocycles. The summed E-state index contributed by atoms with van der Waals surface area (Å²) in [6, 6.07) is 1.95. The first kappa shape index (κ1) is 16.9. The number of rotatable bonds is 7. The van der Waals surface area contributed by atoms with Gasteiger partial charge in [-0.2, -0.15) is 5.10 Å². The molecular weight excluding hydrogens is 368 g/mol. The first-order valence-electron chi connectivity index (χ1n) is 8.02. The van der Waals surface area contributed by atoms with Gasteiger partial charge in [-0.3, -0.25) is 5.10 Å². The summed E-state index contributed by atoms with van der Waals surface area (Å²) in [4.78, 5) is 9.01. The quantitative estimate of drug-likeness (QED) is 0.363. The fraction of sp³-hybridized carbons (Fsp3) is 0.250. The van der Waals surface area contributed by atoms with Crippen LogP contribution >= 0.6 is 22.7 Å². The Hall–Kier alpha value is -2.56. The lowest BCUT2D eigenvalue weighted by Crippen LogP contribution is -2.16. The van der Waals surface area contributed by atoms with Crippen LogP contribution in [0.2, 0.25) is 0 Å².